The summed E-state index contributed by atoms with van der Waals surface area (Å²) < 4.78 is 2.08. The molecule has 1 aromatic carbocycles. The van der Waals surface area contributed by atoms with Crippen molar-refractivity contribution in [3.05, 3.63) is 35.5 Å². The minimum absolute atomic E-state index is 0.226. The molecule has 0 spiro atoms. The lowest BCUT2D eigenvalue weighted by atomic mass is 10.1. The van der Waals surface area contributed by atoms with E-state index in [-0.39, 0.29) is 5.78 Å². The number of benzene rings is 1. The van der Waals surface area contributed by atoms with Crippen molar-refractivity contribution in [3.8, 4) is 0 Å². The van der Waals surface area contributed by atoms with Crippen molar-refractivity contribution in [3.63, 3.8) is 0 Å². The molecule has 0 aliphatic carbocycles. The van der Waals surface area contributed by atoms with E-state index in [1.165, 1.54) is 0 Å². The molecule has 0 unspecified atom stereocenters. The Bertz CT molecular complexity index is 523. The standard InChI is InChI=1S/C13H15NO/c1-4-12(15)13-9(2)14(3)11-8-6-5-7-10(11)13/h5-8H,4H2,1-3H3. The quantitative estimate of drug-likeness (QED) is 0.684. The highest BCUT2D eigenvalue weighted by Crippen LogP contribution is 2.25. The van der Waals surface area contributed by atoms with Crippen molar-refractivity contribution in [1.82, 2.24) is 4.57 Å². The molecule has 0 saturated carbocycles. The summed E-state index contributed by atoms with van der Waals surface area (Å²) >= 11 is 0. The molecular weight excluding hydrogens is 186 g/mol. The van der Waals surface area contributed by atoms with E-state index in [2.05, 4.69) is 10.6 Å². The normalized spacial score (nSPS) is 10.9. The second-order valence-corrected chi connectivity index (χ2v) is 3.81. The lowest BCUT2D eigenvalue weighted by Gasteiger charge is -1.99. The van der Waals surface area contributed by atoms with Gasteiger partial charge in [-0.05, 0) is 13.0 Å². The number of hydrogen-bond acceptors (Lipinski definition) is 1. The number of carbonyl (C=O) groups excluding carboxylic acids is 1. The van der Waals surface area contributed by atoms with Crippen LogP contribution >= 0.6 is 0 Å². The number of fused-ring (bicyclic) bond motifs is 1. The van der Waals surface area contributed by atoms with Crippen LogP contribution in [0.1, 0.15) is 29.4 Å². The maximum Gasteiger partial charge on any atom is 0.165 e. The van der Waals surface area contributed by atoms with Crippen LogP contribution in [0.15, 0.2) is 24.3 Å². The largest absolute Gasteiger partial charge is 0.347 e. The molecule has 2 rings (SSSR count). The van der Waals surface area contributed by atoms with Crippen molar-refractivity contribution in [2.24, 2.45) is 7.05 Å². The van der Waals surface area contributed by atoms with Crippen LogP contribution in [0.5, 0.6) is 0 Å². The highest BCUT2D eigenvalue weighted by atomic mass is 16.1. The van der Waals surface area contributed by atoms with E-state index in [0.29, 0.717) is 6.42 Å². The van der Waals surface area contributed by atoms with Gasteiger partial charge in [-0.25, -0.2) is 0 Å². The molecule has 0 N–H and O–H groups in total. The maximum atomic E-state index is 11.8. The third-order valence-electron chi connectivity index (χ3n) is 3.00. The van der Waals surface area contributed by atoms with Crippen molar-refractivity contribution in [1.29, 1.82) is 0 Å². The van der Waals surface area contributed by atoms with Gasteiger partial charge in [-0.2, -0.15) is 0 Å². The van der Waals surface area contributed by atoms with Gasteiger partial charge in [0.1, 0.15) is 0 Å². The molecule has 1 aromatic heterocycles. The van der Waals surface area contributed by atoms with Gasteiger partial charge in [0, 0.05) is 35.6 Å². The Hall–Kier alpha value is -1.57. The van der Waals surface area contributed by atoms with Crippen LogP contribution in [-0.2, 0) is 7.05 Å². The first kappa shape index (κ1) is 9.97. The van der Waals surface area contributed by atoms with E-state index >= 15 is 0 Å². The lowest BCUT2D eigenvalue weighted by Crippen LogP contribution is -1.99. The Labute approximate surface area is 89.5 Å². The zero-order chi connectivity index (χ0) is 11.0. The van der Waals surface area contributed by atoms with Crippen LogP contribution in [0, 0.1) is 6.92 Å². The van der Waals surface area contributed by atoms with Gasteiger partial charge in [0.15, 0.2) is 5.78 Å². The van der Waals surface area contributed by atoms with Gasteiger partial charge in [-0.3, -0.25) is 4.79 Å². The van der Waals surface area contributed by atoms with E-state index in [1.807, 2.05) is 39.1 Å². The fraction of sp³-hybridized carbons (Fsp3) is 0.308. The summed E-state index contributed by atoms with van der Waals surface area (Å²) in [6, 6.07) is 8.05. The number of aromatic nitrogens is 1. The summed E-state index contributed by atoms with van der Waals surface area (Å²) in [7, 11) is 2.00. The zero-order valence-corrected chi connectivity index (χ0v) is 9.37. The third kappa shape index (κ3) is 1.37. The van der Waals surface area contributed by atoms with Crippen molar-refractivity contribution >= 4 is 16.7 Å². The molecule has 2 heteroatoms. The summed E-state index contributed by atoms with van der Waals surface area (Å²) in [4.78, 5) is 11.8. The second-order valence-electron chi connectivity index (χ2n) is 3.81. The average molecular weight is 201 g/mol. The summed E-state index contributed by atoms with van der Waals surface area (Å²) in [6.07, 6.45) is 0.564. The van der Waals surface area contributed by atoms with Crippen molar-refractivity contribution < 1.29 is 4.79 Å². The fourth-order valence-electron chi connectivity index (χ4n) is 2.05. The molecule has 0 radical (unpaired) electrons. The van der Waals surface area contributed by atoms with Gasteiger partial charge in [-0.15, -0.1) is 0 Å². The minimum atomic E-state index is 0.226. The fourth-order valence-corrected chi connectivity index (χ4v) is 2.05. The van der Waals surface area contributed by atoms with E-state index in [4.69, 9.17) is 0 Å². The van der Waals surface area contributed by atoms with Gasteiger partial charge in [0.25, 0.3) is 0 Å². The molecule has 0 amide bonds. The average Bonchev–Trinajstić information content (AvgIpc) is 2.52. The molecule has 2 nitrogen and oxygen atoms in total. The predicted molar refractivity (Wildman–Crippen MR) is 62.3 cm³/mol. The summed E-state index contributed by atoms with van der Waals surface area (Å²) in [5.41, 5.74) is 3.07. The van der Waals surface area contributed by atoms with Crippen LogP contribution in [0.4, 0.5) is 0 Å². The topological polar surface area (TPSA) is 22.0 Å². The number of aryl methyl sites for hydroxylation is 1. The number of Topliss-reactive ketones (excluding diaryl/α,β-unsaturated/α-hetero) is 1. The molecule has 0 aliphatic rings. The van der Waals surface area contributed by atoms with Gasteiger partial charge >= 0.3 is 0 Å². The molecule has 2 aromatic rings. The Morgan fingerprint density at radius 3 is 2.67 bits per heavy atom. The number of ketones is 1. The van der Waals surface area contributed by atoms with Crippen LogP contribution < -0.4 is 0 Å². The van der Waals surface area contributed by atoms with E-state index < -0.39 is 0 Å². The van der Waals surface area contributed by atoms with E-state index in [0.717, 1.165) is 22.2 Å². The number of hydrogen-bond donors (Lipinski definition) is 0. The molecule has 0 saturated heterocycles. The SMILES string of the molecule is CCC(=O)c1c(C)n(C)c2ccccc12. The smallest absolute Gasteiger partial charge is 0.165 e. The van der Waals surface area contributed by atoms with Crippen LogP contribution in [0.3, 0.4) is 0 Å². The lowest BCUT2D eigenvalue weighted by molar-refractivity contribution is 0.0989. The van der Waals surface area contributed by atoms with Crippen molar-refractivity contribution in [2.45, 2.75) is 20.3 Å². The number of nitrogens with zero attached hydrogens (tertiary/aromatic N) is 1. The van der Waals surface area contributed by atoms with Crippen molar-refractivity contribution in [2.75, 3.05) is 0 Å². The van der Waals surface area contributed by atoms with Crippen LogP contribution in [0.25, 0.3) is 10.9 Å². The molecule has 1 heterocycles. The van der Waals surface area contributed by atoms with Crippen LogP contribution in [0.2, 0.25) is 0 Å². The minimum Gasteiger partial charge on any atom is -0.347 e. The Balaban J connectivity index is 2.83. The van der Waals surface area contributed by atoms with Gasteiger partial charge in [-0.1, -0.05) is 25.1 Å². The molecule has 0 fully saturated rings. The molecule has 0 bridgehead atoms. The summed E-state index contributed by atoms with van der Waals surface area (Å²) in [6.45, 7) is 3.91. The van der Waals surface area contributed by atoms with Crippen LogP contribution in [-0.4, -0.2) is 10.4 Å². The van der Waals surface area contributed by atoms with Gasteiger partial charge < -0.3 is 4.57 Å². The number of rotatable bonds is 2. The second kappa shape index (κ2) is 3.54. The Kier molecular flexibility index (Phi) is 2.35. The number of para-hydroxylation sites is 1. The molecule has 15 heavy (non-hydrogen) atoms. The van der Waals surface area contributed by atoms with E-state index in [1.54, 1.807) is 0 Å². The Morgan fingerprint density at radius 2 is 2.00 bits per heavy atom. The first-order valence-corrected chi connectivity index (χ1v) is 5.24. The maximum absolute atomic E-state index is 11.8. The highest BCUT2D eigenvalue weighted by Gasteiger charge is 2.15. The molecule has 0 atom stereocenters. The highest BCUT2D eigenvalue weighted by molar-refractivity contribution is 6.09. The first-order valence-electron chi connectivity index (χ1n) is 5.24. The van der Waals surface area contributed by atoms with Gasteiger partial charge in [0.2, 0.25) is 0 Å². The molecule has 78 valence electrons. The predicted octanol–water partition coefficient (Wildman–Crippen LogP) is 3.08. The summed E-state index contributed by atoms with van der Waals surface area (Å²) in [5, 5.41) is 1.07. The third-order valence-corrected chi connectivity index (χ3v) is 3.00. The Morgan fingerprint density at radius 1 is 1.33 bits per heavy atom. The molecular formula is C13H15NO. The molecule has 0 aliphatic heterocycles. The first-order chi connectivity index (χ1) is 7.16. The monoisotopic (exact) mass is 201 g/mol. The summed E-state index contributed by atoms with van der Waals surface area (Å²) in [5.74, 6) is 0.226. The van der Waals surface area contributed by atoms with Gasteiger partial charge in [0.05, 0.1) is 0 Å². The number of carbonyl (C=O) groups is 1. The zero-order valence-electron chi connectivity index (χ0n) is 9.37. The van der Waals surface area contributed by atoms with E-state index in [9.17, 15) is 4.79 Å².